The van der Waals surface area contributed by atoms with Gasteiger partial charge in [-0.15, -0.1) is 0 Å². The molecule has 0 spiro atoms. The van der Waals surface area contributed by atoms with Gasteiger partial charge >= 0.3 is 5.97 Å². The standard InChI is InChI=1S/C20H40N6O6/c1-12(2)16(26-17(28)13(23)11-27)19(30)24-14(7-3-5-9-21)18(29)25-15(20(31)32)8-4-6-10-22/h12-16,27H,3-11,21-23H2,1-2H3,(H,24,30)(H,25,29)(H,26,28)(H,31,32). The molecule has 0 aliphatic heterocycles. The minimum atomic E-state index is -1.18. The quantitative estimate of drug-likeness (QED) is 0.110. The zero-order valence-corrected chi connectivity index (χ0v) is 19.0. The Balaban J connectivity index is 5.35. The van der Waals surface area contributed by atoms with Crippen LogP contribution in [0.15, 0.2) is 0 Å². The average Bonchev–Trinajstić information content (AvgIpc) is 2.74. The first-order valence-electron chi connectivity index (χ1n) is 11.0. The third kappa shape index (κ3) is 11.4. The second-order valence-electron chi connectivity index (χ2n) is 8.05. The molecule has 0 heterocycles. The number of carbonyl (C=O) groups is 4. The fourth-order valence-corrected chi connectivity index (χ4v) is 2.92. The van der Waals surface area contributed by atoms with E-state index < -0.39 is 54.5 Å². The third-order valence-electron chi connectivity index (χ3n) is 4.92. The van der Waals surface area contributed by atoms with Crippen molar-refractivity contribution in [3.63, 3.8) is 0 Å². The van der Waals surface area contributed by atoms with Crippen LogP contribution in [0, 0.1) is 5.92 Å². The van der Waals surface area contributed by atoms with Crippen LogP contribution < -0.4 is 33.2 Å². The van der Waals surface area contributed by atoms with E-state index in [2.05, 4.69) is 16.0 Å². The minimum absolute atomic E-state index is 0.214. The van der Waals surface area contributed by atoms with E-state index >= 15 is 0 Å². The van der Waals surface area contributed by atoms with Crippen LogP contribution in [0.5, 0.6) is 0 Å². The van der Waals surface area contributed by atoms with Gasteiger partial charge in [-0.25, -0.2) is 4.79 Å². The second kappa shape index (κ2) is 16.4. The first-order chi connectivity index (χ1) is 15.1. The van der Waals surface area contributed by atoms with Crippen molar-refractivity contribution in [2.24, 2.45) is 23.1 Å². The highest BCUT2D eigenvalue weighted by Gasteiger charge is 2.31. The lowest BCUT2D eigenvalue weighted by Crippen LogP contribution is -2.58. The van der Waals surface area contributed by atoms with E-state index in [9.17, 15) is 24.3 Å². The lowest BCUT2D eigenvalue weighted by atomic mass is 10.0. The highest BCUT2D eigenvalue weighted by Crippen LogP contribution is 2.08. The number of nitrogens with two attached hydrogens (primary N) is 3. The van der Waals surface area contributed by atoms with E-state index in [4.69, 9.17) is 22.3 Å². The van der Waals surface area contributed by atoms with Crippen LogP contribution >= 0.6 is 0 Å². The van der Waals surface area contributed by atoms with Gasteiger partial charge in [-0.05, 0) is 57.5 Å². The van der Waals surface area contributed by atoms with Crippen LogP contribution in [-0.4, -0.2) is 77.8 Å². The number of amides is 3. The number of unbranched alkanes of at least 4 members (excludes halogenated alkanes) is 2. The highest BCUT2D eigenvalue weighted by atomic mass is 16.4. The number of aliphatic hydroxyl groups is 1. The van der Waals surface area contributed by atoms with E-state index in [1.807, 2.05) is 0 Å². The van der Waals surface area contributed by atoms with Crippen molar-refractivity contribution in [2.75, 3.05) is 19.7 Å². The molecule has 0 saturated heterocycles. The van der Waals surface area contributed by atoms with Gasteiger partial charge in [-0.3, -0.25) is 14.4 Å². The molecular weight excluding hydrogens is 420 g/mol. The Bertz CT molecular complexity index is 603. The highest BCUT2D eigenvalue weighted by molar-refractivity contribution is 5.94. The van der Waals surface area contributed by atoms with Crippen molar-refractivity contribution in [1.82, 2.24) is 16.0 Å². The Morgan fingerprint density at radius 1 is 0.781 bits per heavy atom. The molecule has 12 nitrogen and oxygen atoms in total. The smallest absolute Gasteiger partial charge is 0.326 e. The van der Waals surface area contributed by atoms with E-state index in [1.54, 1.807) is 13.8 Å². The third-order valence-corrected chi connectivity index (χ3v) is 4.92. The molecule has 0 rings (SSSR count). The van der Waals surface area contributed by atoms with Gasteiger partial charge in [-0.1, -0.05) is 13.8 Å². The Hall–Kier alpha value is -2.28. The molecule has 12 heteroatoms. The summed E-state index contributed by atoms with van der Waals surface area (Å²) in [5.74, 6) is -3.44. The lowest BCUT2D eigenvalue weighted by Gasteiger charge is -2.27. The van der Waals surface area contributed by atoms with E-state index in [0.29, 0.717) is 38.8 Å². The molecule has 11 N–H and O–H groups in total. The lowest BCUT2D eigenvalue weighted by molar-refractivity contribution is -0.142. The molecule has 0 bridgehead atoms. The fourth-order valence-electron chi connectivity index (χ4n) is 2.92. The molecule has 186 valence electrons. The van der Waals surface area contributed by atoms with Crippen molar-refractivity contribution < 1.29 is 29.4 Å². The largest absolute Gasteiger partial charge is 0.480 e. The van der Waals surface area contributed by atoms with Gasteiger partial charge in [0.05, 0.1) is 6.61 Å². The summed E-state index contributed by atoms with van der Waals surface area (Å²) in [5.41, 5.74) is 16.4. The molecule has 0 aromatic rings. The van der Waals surface area contributed by atoms with Gasteiger partial charge in [0.2, 0.25) is 17.7 Å². The Morgan fingerprint density at radius 2 is 1.28 bits per heavy atom. The molecule has 4 unspecified atom stereocenters. The predicted molar refractivity (Wildman–Crippen MR) is 119 cm³/mol. The van der Waals surface area contributed by atoms with Crippen LogP contribution in [-0.2, 0) is 19.2 Å². The molecule has 4 atom stereocenters. The molecule has 0 aromatic heterocycles. The summed E-state index contributed by atoms with van der Waals surface area (Å²) in [6.45, 7) is 3.65. The van der Waals surface area contributed by atoms with Crippen molar-refractivity contribution in [1.29, 1.82) is 0 Å². The molecule has 0 aliphatic carbocycles. The number of hydrogen-bond acceptors (Lipinski definition) is 8. The maximum absolute atomic E-state index is 12.8. The summed E-state index contributed by atoms with van der Waals surface area (Å²) in [4.78, 5) is 49.2. The maximum atomic E-state index is 12.8. The second-order valence-corrected chi connectivity index (χ2v) is 8.05. The predicted octanol–water partition coefficient (Wildman–Crippen LogP) is -2.24. The summed E-state index contributed by atoms with van der Waals surface area (Å²) in [6, 6.07) is -4.29. The molecule has 3 amide bonds. The number of hydrogen-bond donors (Lipinski definition) is 8. The Morgan fingerprint density at radius 3 is 1.72 bits per heavy atom. The zero-order chi connectivity index (χ0) is 24.7. The number of aliphatic carboxylic acids is 1. The normalized spacial score (nSPS) is 14.8. The number of carbonyl (C=O) groups excluding carboxylic acids is 3. The monoisotopic (exact) mass is 460 g/mol. The molecule has 0 fully saturated rings. The van der Waals surface area contributed by atoms with Crippen LogP contribution in [0.1, 0.15) is 52.4 Å². The van der Waals surface area contributed by atoms with Crippen molar-refractivity contribution in [3.05, 3.63) is 0 Å². The Kier molecular flexibility index (Phi) is 15.2. The minimum Gasteiger partial charge on any atom is -0.480 e. The van der Waals surface area contributed by atoms with Gasteiger partial charge in [0.15, 0.2) is 0 Å². The maximum Gasteiger partial charge on any atom is 0.326 e. The van der Waals surface area contributed by atoms with Crippen LogP contribution in [0.3, 0.4) is 0 Å². The number of rotatable bonds is 17. The summed E-state index contributed by atoms with van der Waals surface area (Å²) < 4.78 is 0. The van der Waals surface area contributed by atoms with E-state index in [1.165, 1.54) is 0 Å². The van der Waals surface area contributed by atoms with Crippen LogP contribution in [0.2, 0.25) is 0 Å². The summed E-state index contributed by atoms with van der Waals surface area (Å²) >= 11 is 0. The Labute approximate surface area is 189 Å². The topological polar surface area (TPSA) is 223 Å². The van der Waals surface area contributed by atoms with Gasteiger partial charge < -0.3 is 43.4 Å². The fraction of sp³-hybridized carbons (Fsp3) is 0.800. The summed E-state index contributed by atoms with van der Waals surface area (Å²) in [7, 11) is 0. The summed E-state index contributed by atoms with van der Waals surface area (Å²) in [6.07, 6.45) is 2.78. The van der Waals surface area contributed by atoms with Crippen LogP contribution in [0.4, 0.5) is 0 Å². The van der Waals surface area contributed by atoms with Gasteiger partial charge in [0.25, 0.3) is 0 Å². The molecule has 0 saturated carbocycles. The average molecular weight is 461 g/mol. The number of nitrogens with one attached hydrogen (secondary N) is 3. The van der Waals surface area contributed by atoms with Gasteiger partial charge in [0, 0.05) is 0 Å². The van der Waals surface area contributed by atoms with Crippen molar-refractivity contribution in [2.45, 2.75) is 76.5 Å². The van der Waals surface area contributed by atoms with E-state index in [0.717, 1.165) is 0 Å². The van der Waals surface area contributed by atoms with Crippen molar-refractivity contribution in [3.8, 4) is 0 Å². The van der Waals surface area contributed by atoms with E-state index in [-0.39, 0.29) is 18.8 Å². The molecule has 0 aliphatic rings. The molecule has 32 heavy (non-hydrogen) atoms. The first kappa shape index (κ1) is 29.7. The zero-order valence-electron chi connectivity index (χ0n) is 19.0. The first-order valence-corrected chi connectivity index (χ1v) is 11.0. The van der Waals surface area contributed by atoms with Crippen LogP contribution in [0.25, 0.3) is 0 Å². The SMILES string of the molecule is CC(C)C(NC(=O)C(N)CO)C(=O)NC(CCCCN)C(=O)NC(CCCCN)C(=O)O. The van der Waals surface area contributed by atoms with Gasteiger partial charge in [0.1, 0.15) is 24.2 Å². The number of aliphatic hydroxyl groups excluding tert-OH is 1. The van der Waals surface area contributed by atoms with Crippen molar-refractivity contribution >= 4 is 23.7 Å². The molecule has 0 radical (unpaired) electrons. The number of carboxylic acid groups (broad SMARTS) is 1. The molecular formula is C20H40N6O6. The van der Waals surface area contributed by atoms with Gasteiger partial charge in [-0.2, -0.15) is 0 Å². The number of carboxylic acids is 1. The molecule has 0 aromatic carbocycles. The summed E-state index contributed by atoms with van der Waals surface area (Å²) in [5, 5.41) is 26.0.